The Labute approximate surface area is 105 Å². The standard InChI is InChI=1S/C11H26NO2PS/c1-5-10-14-15(13,8-4)16-11-9-12(6-2)7-3/h5-11H2,1-4H3. The maximum atomic E-state index is 12.2. The smallest absolute Gasteiger partial charge is 0.257 e. The predicted molar refractivity (Wildman–Crippen MR) is 74.6 cm³/mol. The predicted octanol–water partition coefficient (Wildman–Crippen LogP) is 3.70. The molecule has 98 valence electrons. The Balaban J connectivity index is 3.89. The minimum Gasteiger partial charge on any atom is -0.321 e. The van der Waals surface area contributed by atoms with E-state index in [1.54, 1.807) is 0 Å². The molecule has 0 radical (unpaired) electrons. The fourth-order valence-electron chi connectivity index (χ4n) is 1.30. The molecule has 0 aromatic heterocycles. The molecule has 0 saturated carbocycles. The molecule has 0 saturated heterocycles. The minimum atomic E-state index is -2.40. The van der Waals surface area contributed by atoms with E-state index in [0.717, 1.165) is 31.8 Å². The van der Waals surface area contributed by atoms with Crippen LogP contribution in [0.4, 0.5) is 0 Å². The maximum absolute atomic E-state index is 12.2. The molecule has 0 aromatic carbocycles. The van der Waals surface area contributed by atoms with E-state index in [-0.39, 0.29) is 0 Å². The SMILES string of the molecule is CCCOP(=O)(CC)SCCN(CC)CC. The van der Waals surface area contributed by atoms with Gasteiger partial charge >= 0.3 is 0 Å². The van der Waals surface area contributed by atoms with Gasteiger partial charge in [-0.1, -0.05) is 39.1 Å². The van der Waals surface area contributed by atoms with Crippen LogP contribution in [0, 0.1) is 0 Å². The molecule has 0 aliphatic carbocycles. The van der Waals surface area contributed by atoms with Crippen molar-refractivity contribution in [3.63, 3.8) is 0 Å². The fourth-order valence-corrected chi connectivity index (χ4v) is 4.89. The zero-order valence-electron chi connectivity index (χ0n) is 11.1. The van der Waals surface area contributed by atoms with Crippen LogP contribution in [0.25, 0.3) is 0 Å². The van der Waals surface area contributed by atoms with E-state index in [1.165, 1.54) is 11.4 Å². The second kappa shape index (κ2) is 9.52. The van der Waals surface area contributed by atoms with Crippen LogP contribution >= 0.6 is 18.0 Å². The molecular weight excluding hydrogens is 241 g/mol. The summed E-state index contributed by atoms with van der Waals surface area (Å²) < 4.78 is 17.7. The highest BCUT2D eigenvalue weighted by atomic mass is 32.7. The van der Waals surface area contributed by atoms with Gasteiger partial charge in [0.05, 0.1) is 6.61 Å². The minimum absolute atomic E-state index is 0.614. The first-order valence-electron chi connectivity index (χ1n) is 6.22. The van der Waals surface area contributed by atoms with Gasteiger partial charge in [-0.05, 0) is 19.5 Å². The summed E-state index contributed by atoms with van der Waals surface area (Å²) in [5, 5.41) is 0. The van der Waals surface area contributed by atoms with Crippen LogP contribution in [0.5, 0.6) is 0 Å². The molecule has 0 fully saturated rings. The van der Waals surface area contributed by atoms with Gasteiger partial charge in [-0.15, -0.1) is 0 Å². The van der Waals surface area contributed by atoms with Crippen LogP contribution in [-0.4, -0.2) is 43.1 Å². The topological polar surface area (TPSA) is 29.5 Å². The molecule has 1 unspecified atom stereocenters. The van der Waals surface area contributed by atoms with Gasteiger partial charge in [0, 0.05) is 18.5 Å². The van der Waals surface area contributed by atoms with E-state index in [0.29, 0.717) is 12.8 Å². The molecule has 0 N–H and O–H groups in total. The Bertz CT molecular complexity index is 210. The molecule has 0 aliphatic rings. The van der Waals surface area contributed by atoms with E-state index in [2.05, 4.69) is 18.7 Å². The molecule has 0 rings (SSSR count). The number of hydrogen-bond donors (Lipinski definition) is 0. The van der Waals surface area contributed by atoms with Gasteiger partial charge in [0.1, 0.15) is 0 Å². The molecule has 0 heterocycles. The lowest BCUT2D eigenvalue weighted by Gasteiger charge is -2.20. The van der Waals surface area contributed by atoms with Gasteiger partial charge in [0.2, 0.25) is 0 Å². The Hall–Kier alpha value is 0.500. The average Bonchev–Trinajstić information content (AvgIpc) is 2.32. The molecule has 3 nitrogen and oxygen atoms in total. The first kappa shape index (κ1) is 16.5. The van der Waals surface area contributed by atoms with Gasteiger partial charge in [0.25, 0.3) is 6.57 Å². The van der Waals surface area contributed by atoms with Crippen molar-refractivity contribution in [2.24, 2.45) is 0 Å². The number of rotatable bonds is 10. The summed E-state index contributed by atoms with van der Waals surface area (Å²) in [5.74, 6) is 0.899. The summed E-state index contributed by atoms with van der Waals surface area (Å²) in [6.07, 6.45) is 1.57. The number of hydrogen-bond acceptors (Lipinski definition) is 4. The molecule has 0 aromatic rings. The van der Waals surface area contributed by atoms with Crippen molar-refractivity contribution in [2.45, 2.75) is 34.1 Å². The lowest BCUT2D eigenvalue weighted by atomic mass is 10.5. The zero-order chi connectivity index (χ0) is 12.4. The second-order valence-electron chi connectivity index (χ2n) is 3.62. The highest BCUT2D eigenvalue weighted by Crippen LogP contribution is 2.59. The number of nitrogens with zero attached hydrogens (tertiary/aromatic N) is 1. The molecule has 0 aliphatic heterocycles. The van der Waals surface area contributed by atoms with E-state index in [9.17, 15) is 4.57 Å². The normalized spacial score (nSPS) is 15.3. The third-order valence-electron chi connectivity index (χ3n) is 2.47. The Morgan fingerprint density at radius 1 is 1.19 bits per heavy atom. The Kier molecular flexibility index (Phi) is 9.82. The van der Waals surface area contributed by atoms with Crippen molar-refractivity contribution in [1.82, 2.24) is 4.90 Å². The summed E-state index contributed by atoms with van der Waals surface area (Å²) >= 11 is 1.51. The van der Waals surface area contributed by atoms with Crippen molar-refractivity contribution >= 4 is 18.0 Å². The van der Waals surface area contributed by atoms with Crippen LogP contribution in [-0.2, 0) is 9.09 Å². The Morgan fingerprint density at radius 3 is 2.25 bits per heavy atom. The van der Waals surface area contributed by atoms with Crippen molar-refractivity contribution in [3.8, 4) is 0 Å². The van der Waals surface area contributed by atoms with Crippen molar-refractivity contribution in [3.05, 3.63) is 0 Å². The van der Waals surface area contributed by atoms with E-state index in [4.69, 9.17) is 4.52 Å². The molecule has 0 spiro atoms. The average molecular weight is 267 g/mol. The Morgan fingerprint density at radius 2 is 1.81 bits per heavy atom. The van der Waals surface area contributed by atoms with Crippen LogP contribution < -0.4 is 0 Å². The summed E-state index contributed by atoms with van der Waals surface area (Å²) in [6.45, 7) is 9.62. The van der Waals surface area contributed by atoms with E-state index >= 15 is 0 Å². The molecule has 1 atom stereocenters. The zero-order valence-corrected chi connectivity index (χ0v) is 12.8. The van der Waals surface area contributed by atoms with E-state index < -0.39 is 6.57 Å². The van der Waals surface area contributed by atoms with Crippen LogP contribution in [0.2, 0.25) is 0 Å². The lowest BCUT2D eigenvalue weighted by molar-refractivity contribution is 0.321. The third-order valence-corrected chi connectivity index (χ3v) is 7.40. The van der Waals surface area contributed by atoms with Crippen molar-refractivity contribution < 1.29 is 9.09 Å². The maximum Gasteiger partial charge on any atom is 0.257 e. The largest absolute Gasteiger partial charge is 0.321 e. The molecule has 16 heavy (non-hydrogen) atoms. The van der Waals surface area contributed by atoms with Crippen molar-refractivity contribution in [1.29, 1.82) is 0 Å². The third kappa shape index (κ3) is 6.95. The van der Waals surface area contributed by atoms with Gasteiger partial charge in [-0.2, -0.15) is 0 Å². The molecule has 5 heteroatoms. The van der Waals surface area contributed by atoms with Crippen LogP contribution in [0.3, 0.4) is 0 Å². The summed E-state index contributed by atoms with van der Waals surface area (Å²) in [7, 11) is 0. The first-order chi connectivity index (χ1) is 7.61. The molecule has 0 bridgehead atoms. The van der Waals surface area contributed by atoms with Gasteiger partial charge in [-0.3, -0.25) is 4.57 Å². The van der Waals surface area contributed by atoms with Gasteiger partial charge < -0.3 is 9.42 Å². The second-order valence-corrected chi connectivity index (χ2v) is 8.84. The first-order valence-corrected chi connectivity index (χ1v) is 9.62. The van der Waals surface area contributed by atoms with Crippen LogP contribution in [0.15, 0.2) is 0 Å². The highest BCUT2D eigenvalue weighted by Gasteiger charge is 2.20. The fraction of sp³-hybridized carbons (Fsp3) is 1.00. The summed E-state index contributed by atoms with van der Waals surface area (Å²) in [5.41, 5.74) is 0. The van der Waals surface area contributed by atoms with Gasteiger partial charge in [0.15, 0.2) is 0 Å². The van der Waals surface area contributed by atoms with E-state index in [1.807, 2.05) is 13.8 Å². The van der Waals surface area contributed by atoms with Crippen molar-refractivity contribution in [2.75, 3.05) is 38.2 Å². The monoisotopic (exact) mass is 267 g/mol. The quantitative estimate of drug-likeness (QED) is 0.564. The summed E-state index contributed by atoms with van der Waals surface area (Å²) in [6, 6.07) is 0. The highest BCUT2D eigenvalue weighted by molar-refractivity contribution is 8.56. The van der Waals surface area contributed by atoms with Crippen LogP contribution in [0.1, 0.15) is 34.1 Å². The molecular formula is C11H26NO2PS. The van der Waals surface area contributed by atoms with Gasteiger partial charge in [-0.25, -0.2) is 0 Å². The summed E-state index contributed by atoms with van der Waals surface area (Å²) in [4.78, 5) is 2.34. The molecule has 0 amide bonds. The lowest BCUT2D eigenvalue weighted by Crippen LogP contribution is -2.25.